The van der Waals surface area contributed by atoms with Crippen LogP contribution in [0.25, 0.3) is 0 Å². The average Bonchev–Trinajstić information content (AvgIpc) is 1.50. The van der Waals surface area contributed by atoms with Crippen molar-refractivity contribution < 1.29 is 138 Å². The number of rotatable bonds is 74. The minimum atomic E-state index is -0.0882. The number of unbranched alkanes of at least 4 members (excludes halogenated alkanes) is 1. The van der Waals surface area contributed by atoms with Crippen LogP contribution in [0, 0.1) is 0 Å². The minimum absolute atomic E-state index is 0.0421. The molecule has 4 aromatic carbocycles. The van der Waals surface area contributed by atoms with E-state index in [0.717, 1.165) is 92.5 Å². The van der Waals surface area contributed by atoms with Crippen LogP contribution in [-0.4, -0.2) is 288 Å². The molecule has 0 spiro atoms. The Morgan fingerprint density at radius 2 is 0.476 bits per heavy atom. The highest BCUT2D eigenvalue weighted by Gasteiger charge is 2.25. The van der Waals surface area contributed by atoms with Crippen LogP contribution in [0.5, 0.6) is 40.2 Å². The second kappa shape index (κ2) is 93.5. The van der Waals surface area contributed by atoms with Gasteiger partial charge in [-0.25, -0.2) is 19.6 Å². The Morgan fingerprint density at radius 3 is 0.769 bits per heavy atom. The zero-order chi connectivity index (χ0) is 110. The maximum Gasteiger partial charge on any atom is 0.199 e. The van der Waals surface area contributed by atoms with Gasteiger partial charge in [-0.15, -0.1) is 0 Å². The summed E-state index contributed by atoms with van der Waals surface area (Å²) in [5.41, 5.74) is 4.74. The van der Waals surface area contributed by atoms with Crippen molar-refractivity contribution in [2.45, 2.75) is 422 Å². The van der Waals surface area contributed by atoms with Gasteiger partial charge >= 0.3 is 0 Å². The fraction of sp³-hybridized carbons (Fsp3) is 0.763. The number of furan rings is 1. The van der Waals surface area contributed by atoms with Crippen molar-refractivity contribution in [3.63, 3.8) is 0 Å². The Labute approximate surface area is 892 Å². The van der Waals surface area contributed by atoms with Crippen LogP contribution in [0.2, 0.25) is 0 Å². The Kier molecular flexibility index (Phi) is 91.0. The molecule has 1 heterocycles. The highest BCUT2D eigenvalue weighted by Crippen LogP contribution is 2.34. The van der Waals surface area contributed by atoms with Crippen molar-refractivity contribution in [3.8, 4) is 40.2 Å². The summed E-state index contributed by atoms with van der Waals surface area (Å²) in [6.07, 6.45) is 16.6. The lowest BCUT2D eigenvalue weighted by Crippen LogP contribution is -2.29. The van der Waals surface area contributed by atoms with Gasteiger partial charge in [0.05, 0.1) is 228 Å². The molecule has 1 aromatic heterocycles. The van der Waals surface area contributed by atoms with Crippen molar-refractivity contribution in [2.75, 3.05) is 172 Å². The minimum Gasteiger partial charge on any atom is -0.491 e. The molecular formula is C118H212O29. The molecule has 29 nitrogen and oxygen atoms in total. The molecule has 0 amide bonds. The van der Waals surface area contributed by atoms with Gasteiger partial charge in [-0.3, -0.25) is 0 Å². The third kappa shape index (κ3) is 94.4. The van der Waals surface area contributed by atoms with E-state index in [0.29, 0.717) is 225 Å². The van der Waals surface area contributed by atoms with Gasteiger partial charge in [0.2, 0.25) is 0 Å². The molecule has 0 aliphatic heterocycles. The van der Waals surface area contributed by atoms with Crippen LogP contribution < -0.4 is 33.2 Å². The molecule has 0 unspecified atom stereocenters. The molecule has 0 radical (unpaired) electrons. The number of hydrogen-bond donors (Lipinski definition) is 0. The first-order chi connectivity index (χ1) is 69.8. The van der Waals surface area contributed by atoms with Crippen molar-refractivity contribution in [2.24, 2.45) is 0 Å². The summed E-state index contributed by atoms with van der Waals surface area (Å²) in [6, 6.07) is 30.6. The van der Waals surface area contributed by atoms with Gasteiger partial charge in [0.25, 0.3) is 0 Å². The summed E-state index contributed by atoms with van der Waals surface area (Å²) in [7, 11) is 0. The van der Waals surface area contributed by atoms with Gasteiger partial charge in [0, 0.05) is 30.8 Å². The summed E-state index contributed by atoms with van der Waals surface area (Å²) in [5, 5.41) is 0. The summed E-state index contributed by atoms with van der Waals surface area (Å²) >= 11 is 0. The van der Waals surface area contributed by atoms with E-state index in [-0.39, 0.29) is 72.6 Å². The normalized spacial score (nSPS) is 13.2. The molecule has 858 valence electrons. The van der Waals surface area contributed by atoms with Crippen molar-refractivity contribution >= 4 is 0 Å². The fourth-order valence-electron chi connectivity index (χ4n) is 12.6. The van der Waals surface area contributed by atoms with Crippen LogP contribution in [0.4, 0.5) is 0 Å². The molecule has 0 bridgehead atoms. The molecule has 1 aliphatic rings. The summed E-state index contributed by atoms with van der Waals surface area (Å²) in [4.78, 5) is 20.7. The Morgan fingerprint density at radius 1 is 0.231 bits per heavy atom. The van der Waals surface area contributed by atoms with E-state index < -0.39 is 0 Å². The summed E-state index contributed by atoms with van der Waals surface area (Å²) < 4.78 is 137. The number of hydrogen-bond acceptors (Lipinski definition) is 29. The molecule has 6 rings (SSSR count). The second-order valence-corrected chi connectivity index (χ2v) is 40.3. The molecule has 0 atom stereocenters. The SMILES string of the molecule is CC(C)OC1CCC(OC(C)C)CC1.CC(C)OCCCCOC(C)C.CC(C)OCCOC(C)C.CC(C)OCCOCCOCCOC(C)C.CC(C)OCCOc1cc(CCOOC(C)C)cc(OCCOC(C)C)c1.CC(C)OCCOc1ccc(C(C)(C)c2ccc(CCOOC(C)C)cc2)cc1.CC(C)OCCOc1cccc(OCCOC(C)C)c1.CC(C)OCCOc1cocc1OCCOC(C)C. The van der Waals surface area contributed by atoms with E-state index in [1.54, 1.807) is 0 Å². The zero-order valence-corrected chi connectivity index (χ0v) is 98.7. The van der Waals surface area contributed by atoms with Crippen molar-refractivity contribution in [1.82, 2.24) is 0 Å². The molecule has 29 heteroatoms. The number of benzene rings is 4. The van der Waals surface area contributed by atoms with E-state index in [4.69, 9.17) is 138 Å². The van der Waals surface area contributed by atoms with Gasteiger partial charge in [0.1, 0.15) is 87.5 Å². The Hall–Kier alpha value is -6.08. The first-order valence-corrected chi connectivity index (χ1v) is 54.7. The predicted octanol–water partition coefficient (Wildman–Crippen LogP) is 25.6. The average molecular weight is 2090 g/mol. The third-order valence-electron chi connectivity index (χ3n) is 19.4. The first kappa shape index (κ1) is 143. The lowest BCUT2D eigenvalue weighted by Gasteiger charge is -2.30. The van der Waals surface area contributed by atoms with Gasteiger partial charge in [0.15, 0.2) is 11.5 Å². The van der Waals surface area contributed by atoms with E-state index in [1.165, 1.54) is 29.2 Å². The summed E-state index contributed by atoms with van der Waals surface area (Å²) in [6.45, 7) is 88.6. The summed E-state index contributed by atoms with van der Waals surface area (Å²) in [5.74, 6) is 5.15. The van der Waals surface area contributed by atoms with E-state index in [1.807, 2.05) is 235 Å². The molecule has 0 saturated heterocycles. The van der Waals surface area contributed by atoms with E-state index in [2.05, 4.69) is 106 Å². The maximum atomic E-state index is 5.82. The highest BCUT2D eigenvalue weighted by atomic mass is 17.2. The lowest BCUT2D eigenvalue weighted by molar-refractivity contribution is -0.316. The van der Waals surface area contributed by atoms with Gasteiger partial charge in [-0.2, -0.15) is 0 Å². The van der Waals surface area contributed by atoms with E-state index >= 15 is 0 Å². The van der Waals surface area contributed by atoms with Crippen molar-refractivity contribution in [3.05, 3.63) is 126 Å². The Bertz CT molecular complexity index is 3370. The van der Waals surface area contributed by atoms with Crippen LogP contribution in [0.3, 0.4) is 0 Å². The quantitative estimate of drug-likeness (QED) is 0.0199. The Balaban J connectivity index is 0. The standard InChI is InChI=1S/C25H36O4.C21H36O6.C16H26O4.C14H24O5.C12H26O4.C12H24O2.C10H22O2.C8H18O2/c1-19(2)26-17-18-27-24-13-11-23(12-14-24)25(5,6)22-9-7-21(8-10-22)15-16-28-29-20(3)4;1-16(2)22-9-11-24-20-13-19(7-8-26-27-18(5)6)14-21(15-20)25-12-10-23-17(3)4;1-13(2)17-8-10-19-15-6-5-7-16(12-15)20-11-9-18-14(3)4;1-11(2)16-5-7-18-13-9-15-10-14(13)19-8-6-17-12(3)4;1-11(2)15-9-7-13-5-6-14-8-10-16-12(3)4;1-9(2)13-11-5-7-12(8-6-11)14-10(3)4;1-9(2)11-7-5-6-8-12-10(3)4;1-7(2)9-5-6-10-8(3)4/h7-14,19-20H,15-18H2,1-6H3;13-18H,7-12H2,1-6H3;5-7,12-14H,8-11H2,1-4H3;9-12H,5-8H2,1-4H3;11-12H,5-10H2,1-4H3;9-12H,5-8H2,1-4H3;9-10H,5-8H2,1-4H3;7-8H,5-6H2,1-4H3. The molecule has 0 N–H and O–H groups in total. The third-order valence-corrected chi connectivity index (χ3v) is 19.4. The van der Waals surface area contributed by atoms with Gasteiger partial charge < -0.3 is 118 Å². The van der Waals surface area contributed by atoms with Gasteiger partial charge in [-0.05, 0) is 345 Å². The molecule has 147 heavy (non-hydrogen) atoms. The molecule has 1 fully saturated rings. The lowest BCUT2D eigenvalue weighted by atomic mass is 9.78. The van der Waals surface area contributed by atoms with Crippen LogP contribution in [0.1, 0.15) is 310 Å². The monoisotopic (exact) mass is 2090 g/mol. The first-order valence-electron chi connectivity index (χ1n) is 54.7. The second-order valence-electron chi connectivity index (χ2n) is 40.3. The smallest absolute Gasteiger partial charge is 0.199 e. The largest absolute Gasteiger partial charge is 0.491 e. The van der Waals surface area contributed by atoms with Crippen LogP contribution >= 0.6 is 0 Å². The maximum absolute atomic E-state index is 5.82. The molecule has 1 aliphatic carbocycles. The predicted molar refractivity (Wildman–Crippen MR) is 590 cm³/mol. The number of ether oxygens (including phenoxy) is 24. The molecule has 1 saturated carbocycles. The van der Waals surface area contributed by atoms with Crippen molar-refractivity contribution in [1.29, 1.82) is 0 Å². The topological polar surface area (TPSA) is 272 Å². The van der Waals surface area contributed by atoms with E-state index in [9.17, 15) is 0 Å². The fourth-order valence-corrected chi connectivity index (χ4v) is 12.6. The highest BCUT2D eigenvalue weighted by molar-refractivity contribution is 5.42. The molecular weight excluding hydrogens is 1880 g/mol. The molecule has 5 aromatic rings. The zero-order valence-electron chi connectivity index (χ0n) is 98.7. The van der Waals surface area contributed by atoms with Gasteiger partial charge in [-0.1, -0.05) is 56.3 Å². The van der Waals surface area contributed by atoms with Crippen LogP contribution in [0.15, 0.2) is 108 Å². The van der Waals surface area contributed by atoms with Crippen LogP contribution in [-0.2, 0) is 118 Å².